The topological polar surface area (TPSA) is 106 Å². The first-order valence-electron chi connectivity index (χ1n) is 9.91. The molecule has 1 fully saturated rings. The fourth-order valence-electron chi connectivity index (χ4n) is 3.36. The van der Waals surface area contributed by atoms with E-state index in [4.69, 9.17) is 5.73 Å². The minimum Gasteiger partial charge on any atom is -0.351 e. The number of thioether (sulfide) groups is 1. The Morgan fingerprint density at radius 3 is 2.34 bits per heavy atom. The van der Waals surface area contributed by atoms with Crippen LogP contribution in [0.3, 0.4) is 0 Å². The van der Waals surface area contributed by atoms with Gasteiger partial charge in [-0.25, -0.2) is 4.79 Å². The Kier molecular flexibility index (Phi) is 6.79. The Hall–Kier alpha value is -2.55. The Morgan fingerprint density at radius 2 is 1.76 bits per heavy atom. The minimum absolute atomic E-state index is 0.0269. The minimum atomic E-state index is -0.852. The lowest BCUT2D eigenvalue weighted by atomic mass is 10.1. The standard InChI is InChI=1S/C20H28N6O2S/c1-13(2)16(17(27)22-18(21)28)29-20-24-23-19(25-11-5-4-6-12-25)26(20)15-9-7-14(3)8-10-15/h7-10,13,16H,4-6,11-12H2,1-3H3,(H3,21,22,27,28)/t16-/m1/s1. The summed E-state index contributed by atoms with van der Waals surface area (Å²) in [7, 11) is 0. The Morgan fingerprint density at radius 1 is 1.10 bits per heavy atom. The van der Waals surface area contributed by atoms with Gasteiger partial charge in [0.05, 0.1) is 10.9 Å². The van der Waals surface area contributed by atoms with Crippen LogP contribution >= 0.6 is 11.8 Å². The molecule has 8 nitrogen and oxygen atoms in total. The molecular weight excluding hydrogens is 388 g/mol. The highest BCUT2D eigenvalue weighted by Crippen LogP contribution is 2.33. The molecule has 3 N–H and O–H groups in total. The van der Waals surface area contributed by atoms with Crippen LogP contribution in [-0.4, -0.2) is 45.0 Å². The molecule has 0 aliphatic carbocycles. The van der Waals surface area contributed by atoms with E-state index < -0.39 is 17.2 Å². The second kappa shape index (κ2) is 9.30. The van der Waals surface area contributed by atoms with Crippen LogP contribution < -0.4 is 16.0 Å². The number of anilines is 1. The fraction of sp³-hybridized carbons (Fsp3) is 0.500. The summed E-state index contributed by atoms with van der Waals surface area (Å²) in [5, 5.41) is 11.2. The van der Waals surface area contributed by atoms with Gasteiger partial charge in [0, 0.05) is 13.1 Å². The largest absolute Gasteiger partial charge is 0.351 e. The van der Waals surface area contributed by atoms with Crippen molar-refractivity contribution in [2.24, 2.45) is 11.7 Å². The van der Waals surface area contributed by atoms with Gasteiger partial charge in [-0.05, 0) is 44.2 Å². The number of urea groups is 1. The molecule has 0 saturated carbocycles. The van der Waals surface area contributed by atoms with E-state index in [9.17, 15) is 9.59 Å². The summed E-state index contributed by atoms with van der Waals surface area (Å²) in [6, 6.07) is 7.30. The highest BCUT2D eigenvalue weighted by molar-refractivity contribution is 8.00. The smallest absolute Gasteiger partial charge is 0.318 e. The lowest BCUT2D eigenvalue weighted by Gasteiger charge is -2.28. The summed E-state index contributed by atoms with van der Waals surface area (Å²) in [5.41, 5.74) is 7.25. The number of aromatic nitrogens is 3. The molecule has 9 heteroatoms. The molecule has 1 atom stereocenters. The maximum absolute atomic E-state index is 12.5. The van der Waals surface area contributed by atoms with Gasteiger partial charge in [-0.15, -0.1) is 10.2 Å². The summed E-state index contributed by atoms with van der Waals surface area (Å²) >= 11 is 1.30. The monoisotopic (exact) mass is 416 g/mol. The van der Waals surface area contributed by atoms with Gasteiger partial charge in [0.2, 0.25) is 11.9 Å². The third-order valence-electron chi connectivity index (χ3n) is 4.89. The third kappa shape index (κ3) is 5.09. The van der Waals surface area contributed by atoms with Crippen molar-refractivity contribution in [2.75, 3.05) is 18.0 Å². The molecular formula is C20H28N6O2S. The van der Waals surface area contributed by atoms with Gasteiger partial charge >= 0.3 is 6.03 Å². The molecule has 0 bridgehead atoms. The van der Waals surface area contributed by atoms with Gasteiger partial charge in [-0.2, -0.15) is 0 Å². The number of nitrogens with two attached hydrogens (primary N) is 1. The van der Waals surface area contributed by atoms with Crippen LogP contribution in [0.25, 0.3) is 5.69 Å². The van der Waals surface area contributed by atoms with Crippen molar-refractivity contribution in [3.63, 3.8) is 0 Å². The number of primary amides is 1. The Labute approximate surface area is 175 Å². The van der Waals surface area contributed by atoms with Crippen molar-refractivity contribution < 1.29 is 9.59 Å². The van der Waals surface area contributed by atoms with E-state index in [0.29, 0.717) is 5.16 Å². The first-order chi connectivity index (χ1) is 13.9. The predicted molar refractivity (Wildman–Crippen MR) is 114 cm³/mol. The van der Waals surface area contributed by atoms with E-state index in [-0.39, 0.29) is 5.92 Å². The molecule has 2 heterocycles. The quantitative estimate of drug-likeness (QED) is 0.702. The normalized spacial score (nSPS) is 15.4. The van der Waals surface area contributed by atoms with Crippen molar-refractivity contribution in [1.29, 1.82) is 0 Å². The zero-order chi connectivity index (χ0) is 21.0. The van der Waals surface area contributed by atoms with Crippen LogP contribution in [0.1, 0.15) is 38.7 Å². The van der Waals surface area contributed by atoms with Crippen LogP contribution in [0.15, 0.2) is 29.4 Å². The van der Waals surface area contributed by atoms with Gasteiger partial charge < -0.3 is 10.6 Å². The number of imide groups is 1. The first kappa shape index (κ1) is 21.2. The number of hydrogen-bond acceptors (Lipinski definition) is 6. The fourth-order valence-corrected chi connectivity index (χ4v) is 4.40. The molecule has 1 aliphatic heterocycles. The van der Waals surface area contributed by atoms with Gasteiger partial charge in [-0.3, -0.25) is 14.7 Å². The lowest BCUT2D eigenvalue weighted by molar-refractivity contribution is -0.120. The number of amides is 3. The number of piperidine rings is 1. The van der Waals surface area contributed by atoms with Gasteiger partial charge in [0.1, 0.15) is 0 Å². The van der Waals surface area contributed by atoms with Crippen LogP contribution in [0.5, 0.6) is 0 Å². The van der Waals surface area contributed by atoms with Crippen LogP contribution in [0, 0.1) is 12.8 Å². The number of benzene rings is 1. The zero-order valence-corrected chi connectivity index (χ0v) is 17.9. The molecule has 1 aliphatic rings. The summed E-state index contributed by atoms with van der Waals surface area (Å²) < 4.78 is 2.00. The van der Waals surface area contributed by atoms with Crippen molar-refractivity contribution in [3.05, 3.63) is 29.8 Å². The second-order valence-electron chi connectivity index (χ2n) is 7.64. The van der Waals surface area contributed by atoms with Crippen LogP contribution in [-0.2, 0) is 4.79 Å². The molecule has 29 heavy (non-hydrogen) atoms. The number of carbonyl (C=O) groups is 2. The predicted octanol–water partition coefficient (Wildman–Crippen LogP) is 2.88. The lowest BCUT2D eigenvalue weighted by Crippen LogP contribution is -2.42. The van der Waals surface area contributed by atoms with Crippen molar-refractivity contribution >= 4 is 29.6 Å². The maximum atomic E-state index is 12.5. The molecule has 0 spiro atoms. The summed E-state index contributed by atoms with van der Waals surface area (Å²) in [5.74, 6) is 0.338. The highest BCUT2D eigenvalue weighted by atomic mass is 32.2. The maximum Gasteiger partial charge on any atom is 0.318 e. The average molecular weight is 417 g/mol. The number of hydrogen-bond donors (Lipinski definition) is 2. The molecule has 3 rings (SSSR count). The number of rotatable bonds is 6. The van der Waals surface area contributed by atoms with E-state index in [1.807, 2.05) is 49.6 Å². The molecule has 0 radical (unpaired) electrons. The summed E-state index contributed by atoms with van der Waals surface area (Å²) in [6.07, 6.45) is 3.47. The highest BCUT2D eigenvalue weighted by Gasteiger charge is 2.29. The number of carbonyl (C=O) groups excluding carboxylic acids is 2. The van der Waals surface area contributed by atoms with Crippen molar-refractivity contribution in [2.45, 2.75) is 50.4 Å². The van der Waals surface area contributed by atoms with E-state index >= 15 is 0 Å². The van der Waals surface area contributed by atoms with E-state index in [1.165, 1.54) is 18.2 Å². The van der Waals surface area contributed by atoms with E-state index in [2.05, 4.69) is 20.4 Å². The van der Waals surface area contributed by atoms with Gasteiger partial charge in [0.25, 0.3) is 0 Å². The average Bonchev–Trinajstić information content (AvgIpc) is 3.10. The van der Waals surface area contributed by atoms with Crippen LogP contribution in [0.4, 0.5) is 10.7 Å². The van der Waals surface area contributed by atoms with Crippen molar-refractivity contribution in [1.82, 2.24) is 20.1 Å². The molecule has 2 aromatic rings. The molecule has 1 aromatic heterocycles. The molecule has 1 aromatic carbocycles. The van der Waals surface area contributed by atoms with E-state index in [1.54, 1.807) is 0 Å². The Bertz CT molecular complexity index is 858. The number of nitrogens with one attached hydrogen (secondary N) is 1. The summed E-state index contributed by atoms with van der Waals surface area (Å²) in [4.78, 5) is 25.9. The van der Waals surface area contributed by atoms with E-state index in [0.717, 1.165) is 43.1 Å². The number of nitrogens with zero attached hydrogens (tertiary/aromatic N) is 4. The van der Waals surface area contributed by atoms with Crippen LogP contribution in [0.2, 0.25) is 0 Å². The second-order valence-corrected chi connectivity index (χ2v) is 8.75. The zero-order valence-electron chi connectivity index (χ0n) is 17.1. The van der Waals surface area contributed by atoms with Crippen molar-refractivity contribution in [3.8, 4) is 5.69 Å². The summed E-state index contributed by atoms with van der Waals surface area (Å²) in [6.45, 7) is 7.77. The van der Waals surface area contributed by atoms with Gasteiger partial charge in [-0.1, -0.05) is 43.3 Å². The Balaban J connectivity index is 1.98. The SMILES string of the molecule is Cc1ccc(-n2c(S[C@@H](C(=O)NC(N)=O)C(C)C)nnc2N2CCCCC2)cc1. The number of aryl methyl sites for hydroxylation is 1. The molecule has 1 saturated heterocycles. The third-order valence-corrected chi connectivity index (χ3v) is 6.38. The van der Waals surface area contributed by atoms with Gasteiger partial charge in [0.15, 0.2) is 5.16 Å². The molecule has 3 amide bonds. The molecule has 0 unspecified atom stereocenters. The molecule has 156 valence electrons. The first-order valence-corrected chi connectivity index (χ1v) is 10.8.